The number of halogens is 2. The third-order valence-corrected chi connectivity index (χ3v) is 8.89. The van der Waals surface area contributed by atoms with Gasteiger partial charge in [-0.05, 0) is 68.4 Å². The SMILES string of the molecule is CN1CCN(C(=O)CC2(COc3ccc(F)cc3)CCN(S(=O)(=O)c3ccc(F)cc3)CC2)CC1. The van der Waals surface area contributed by atoms with Crippen LogP contribution in [0, 0.1) is 17.0 Å². The average Bonchev–Trinajstić information content (AvgIpc) is 2.85. The molecule has 0 N–H and O–H groups in total. The lowest BCUT2D eigenvalue weighted by Gasteiger charge is -2.42. The lowest BCUT2D eigenvalue weighted by Crippen LogP contribution is -2.51. The molecule has 2 aliphatic heterocycles. The average molecular weight is 508 g/mol. The van der Waals surface area contributed by atoms with Crippen molar-refractivity contribution in [1.29, 1.82) is 0 Å². The standard InChI is InChI=1S/C25H31F2N3O4S/c1-28-14-16-29(17-15-28)24(31)18-25(19-34-22-6-2-20(26)3-7-22)10-12-30(13-11-25)35(32,33)23-8-4-21(27)5-9-23/h2-9H,10-19H2,1H3. The van der Waals surface area contributed by atoms with Crippen molar-refractivity contribution >= 4 is 15.9 Å². The van der Waals surface area contributed by atoms with Crippen LogP contribution in [0.4, 0.5) is 8.78 Å². The normalized spacial score (nSPS) is 19.5. The van der Waals surface area contributed by atoms with Gasteiger partial charge < -0.3 is 14.5 Å². The minimum Gasteiger partial charge on any atom is -0.493 e. The number of piperidine rings is 1. The molecule has 4 rings (SSSR count). The van der Waals surface area contributed by atoms with Crippen LogP contribution < -0.4 is 4.74 Å². The molecule has 0 bridgehead atoms. The second-order valence-electron chi connectivity index (χ2n) is 9.46. The summed E-state index contributed by atoms with van der Waals surface area (Å²) in [7, 11) is -1.75. The van der Waals surface area contributed by atoms with Gasteiger partial charge in [0.25, 0.3) is 0 Å². The zero-order valence-corrected chi connectivity index (χ0v) is 20.6. The summed E-state index contributed by atoms with van der Waals surface area (Å²) >= 11 is 0. The molecule has 0 unspecified atom stereocenters. The first-order valence-electron chi connectivity index (χ1n) is 11.8. The van der Waals surface area contributed by atoms with Crippen LogP contribution in [0.3, 0.4) is 0 Å². The minimum absolute atomic E-state index is 0.0376. The maximum absolute atomic E-state index is 13.3. The topological polar surface area (TPSA) is 70.2 Å². The first-order chi connectivity index (χ1) is 16.7. The molecule has 190 valence electrons. The number of nitrogens with zero attached hydrogens (tertiary/aromatic N) is 3. The van der Waals surface area contributed by atoms with Crippen molar-refractivity contribution in [3.05, 3.63) is 60.2 Å². The Kier molecular flexibility index (Phi) is 7.73. The van der Waals surface area contributed by atoms with Crippen molar-refractivity contribution in [2.75, 3.05) is 52.9 Å². The Labute approximate surface area is 205 Å². The molecule has 0 aliphatic carbocycles. The molecule has 1 amide bonds. The van der Waals surface area contributed by atoms with Gasteiger partial charge in [-0.2, -0.15) is 4.31 Å². The highest BCUT2D eigenvalue weighted by molar-refractivity contribution is 7.89. The Hall–Kier alpha value is -2.56. The van der Waals surface area contributed by atoms with E-state index >= 15 is 0 Å². The molecular weight excluding hydrogens is 476 g/mol. The summed E-state index contributed by atoms with van der Waals surface area (Å²) in [6, 6.07) is 10.5. The summed E-state index contributed by atoms with van der Waals surface area (Å²) < 4.78 is 60.1. The Morgan fingerprint density at radius 2 is 1.43 bits per heavy atom. The number of hydrogen-bond acceptors (Lipinski definition) is 5. The van der Waals surface area contributed by atoms with E-state index < -0.39 is 21.3 Å². The molecule has 10 heteroatoms. The van der Waals surface area contributed by atoms with E-state index in [0.29, 0.717) is 31.7 Å². The molecule has 0 spiro atoms. The van der Waals surface area contributed by atoms with Crippen molar-refractivity contribution in [2.24, 2.45) is 5.41 Å². The largest absolute Gasteiger partial charge is 0.493 e. The maximum atomic E-state index is 13.3. The highest BCUT2D eigenvalue weighted by Gasteiger charge is 2.41. The molecule has 2 aliphatic rings. The number of hydrogen-bond donors (Lipinski definition) is 0. The van der Waals surface area contributed by atoms with Crippen LogP contribution in [-0.4, -0.2) is 81.4 Å². The first kappa shape index (κ1) is 25.5. The number of carbonyl (C=O) groups excluding carboxylic acids is 1. The number of rotatable bonds is 7. The highest BCUT2D eigenvalue weighted by Crippen LogP contribution is 2.38. The first-order valence-corrected chi connectivity index (χ1v) is 13.2. The maximum Gasteiger partial charge on any atom is 0.243 e. The van der Waals surface area contributed by atoms with Crippen LogP contribution in [0.1, 0.15) is 19.3 Å². The van der Waals surface area contributed by atoms with E-state index in [1.165, 1.54) is 28.6 Å². The quantitative estimate of drug-likeness (QED) is 0.577. The smallest absolute Gasteiger partial charge is 0.243 e. The molecule has 0 atom stereocenters. The Bertz CT molecular complexity index is 1110. The van der Waals surface area contributed by atoms with E-state index in [2.05, 4.69) is 4.90 Å². The number of benzene rings is 2. The summed E-state index contributed by atoms with van der Waals surface area (Å²) in [6.07, 6.45) is 1.13. The van der Waals surface area contributed by atoms with Gasteiger partial charge in [-0.3, -0.25) is 4.79 Å². The predicted octanol–water partition coefficient (Wildman–Crippen LogP) is 2.98. The third kappa shape index (κ3) is 6.17. The van der Waals surface area contributed by atoms with Crippen molar-refractivity contribution in [3.63, 3.8) is 0 Å². The van der Waals surface area contributed by atoms with Crippen LogP contribution in [0.5, 0.6) is 5.75 Å². The van der Waals surface area contributed by atoms with Crippen LogP contribution in [0.2, 0.25) is 0 Å². The number of piperazine rings is 1. The monoisotopic (exact) mass is 507 g/mol. The second kappa shape index (κ2) is 10.6. The van der Waals surface area contributed by atoms with Gasteiger partial charge in [0.1, 0.15) is 17.4 Å². The molecule has 2 fully saturated rings. The molecule has 0 radical (unpaired) electrons. The van der Waals surface area contributed by atoms with Crippen molar-refractivity contribution in [2.45, 2.75) is 24.2 Å². The summed E-state index contributed by atoms with van der Waals surface area (Å²) in [4.78, 5) is 17.3. The van der Waals surface area contributed by atoms with Crippen LogP contribution in [-0.2, 0) is 14.8 Å². The van der Waals surface area contributed by atoms with Crippen LogP contribution in [0.15, 0.2) is 53.4 Å². The molecule has 2 aromatic rings. The van der Waals surface area contributed by atoms with E-state index in [1.807, 2.05) is 11.9 Å². The van der Waals surface area contributed by atoms with Gasteiger partial charge in [-0.25, -0.2) is 17.2 Å². The van der Waals surface area contributed by atoms with E-state index in [0.717, 1.165) is 25.2 Å². The van der Waals surface area contributed by atoms with Gasteiger partial charge in [0.05, 0.1) is 11.5 Å². The Morgan fingerprint density at radius 1 is 0.886 bits per heavy atom. The van der Waals surface area contributed by atoms with Crippen molar-refractivity contribution in [1.82, 2.24) is 14.1 Å². The fraction of sp³-hybridized carbons (Fsp3) is 0.480. The molecule has 0 aromatic heterocycles. The van der Waals surface area contributed by atoms with Crippen molar-refractivity contribution in [3.8, 4) is 5.75 Å². The van der Waals surface area contributed by atoms with E-state index in [4.69, 9.17) is 4.74 Å². The summed E-state index contributed by atoms with van der Waals surface area (Å²) in [6.45, 7) is 3.63. The van der Waals surface area contributed by atoms with E-state index in [-0.39, 0.29) is 42.7 Å². The van der Waals surface area contributed by atoms with Gasteiger partial charge in [0.2, 0.25) is 15.9 Å². The van der Waals surface area contributed by atoms with Gasteiger partial charge >= 0.3 is 0 Å². The number of amides is 1. The van der Waals surface area contributed by atoms with Crippen LogP contribution >= 0.6 is 0 Å². The summed E-state index contributed by atoms with van der Waals surface area (Å²) in [5.41, 5.74) is -0.552. The molecule has 2 heterocycles. The Balaban J connectivity index is 1.48. The van der Waals surface area contributed by atoms with E-state index in [9.17, 15) is 22.0 Å². The Morgan fingerprint density at radius 3 is 2.00 bits per heavy atom. The highest BCUT2D eigenvalue weighted by atomic mass is 32.2. The van der Waals surface area contributed by atoms with Crippen molar-refractivity contribution < 1.29 is 26.7 Å². The lowest BCUT2D eigenvalue weighted by molar-refractivity contribution is -0.136. The van der Waals surface area contributed by atoms with Gasteiger partial charge in [0, 0.05) is 51.1 Å². The van der Waals surface area contributed by atoms with Crippen LogP contribution in [0.25, 0.3) is 0 Å². The fourth-order valence-electron chi connectivity index (χ4n) is 4.58. The second-order valence-corrected chi connectivity index (χ2v) is 11.4. The molecule has 0 saturated carbocycles. The predicted molar refractivity (Wildman–Crippen MR) is 127 cm³/mol. The minimum atomic E-state index is -3.77. The van der Waals surface area contributed by atoms with Gasteiger partial charge in [-0.1, -0.05) is 0 Å². The van der Waals surface area contributed by atoms with Gasteiger partial charge in [-0.15, -0.1) is 0 Å². The zero-order chi connectivity index (χ0) is 25.1. The molecule has 35 heavy (non-hydrogen) atoms. The molecular formula is C25H31F2N3O4S. The molecule has 2 saturated heterocycles. The number of carbonyl (C=O) groups is 1. The third-order valence-electron chi connectivity index (χ3n) is 6.98. The van der Waals surface area contributed by atoms with Gasteiger partial charge in [0.15, 0.2) is 0 Å². The lowest BCUT2D eigenvalue weighted by atomic mass is 9.76. The van der Waals surface area contributed by atoms with E-state index in [1.54, 1.807) is 12.1 Å². The zero-order valence-electron chi connectivity index (χ0n) is 19.8. The molecule has 2 aromatic carbocycles. The summed E-state index contributed by atoms with van der Waals surface area (Å²) in [5, 5.41) is 0. The summed E-state index contributed by atoms with van der Waals surface area (Å²) in [5.74, 6) is -0.326. The number of ether oxygens (including phenoxy) is 1. The number of sulfonamides is 1. The fourth-order valence-corrected chi connectivity index (χ4v) is 6.03. The molecule has 7 nitrogen and oxygen atoms in total. The number of likely N-dealkylation sites (N-methyl/N-ethyl adjacent to an activating group) is 1.